The van der Waals surface area contributed by atoms with E-state index >= 15 is 0 Å². The highest BCUT2D eigenvalue weighted by molar-refractivity contribution is 5.76. The molecule has 0 radical (unpaired) electrons. The molecule has 3 aliphatic rings. The summed E-state index contributed by atoms with van der Waals surface area (Å²) >= 11 is 0. The van der Waals surface area contributed by atoms with Crippen LogP contribution in [0.1, 0.15) is 51.4 Å². The first-order chi connectivity index (χ1) is 7.83. The zero-order valence-electron chi connectivity index (χ0n) is 9.78. The molecule has 0 aromatic rings. The van der Waals surface area contributed by atoms with Crippen molar-refractivity contribution in [3.05, 3.63) is 0 Å². The molecule has 2 saturated carbocycles. The van der Waals surface area contributed by atoms with Gasteiger partial charge in [-0.05, 0) is 44.4 Å². The van der Waals surface area contributed by atoms with E-state index in [2.05, 4.69) is 5.32 Å². The molecule has 3 unspecified atom stereocenters. The molecular formula is C13H21NO2. The molecule has 2 aliphatic carbocycles. The van der Waals surface area contributed by atoms with Crippen LogP contribution in [0.3, 0.4) is 0 Å². The van der Waals surface area contributed by atoms with Crippen LogP contribution in [-0.4, -0.2) is 24.2 Å². The van der Waals surface area contributed by atoms with Crippen molar-refractivity contribution in [1.82, 2.24) is 5.32 Å². The number of fused-ring (bicyclic) bond motifs is 1. The minimum atomic E-state index is -0.00583. The van der Waals surface area contributed by atoms with E-state index in [0.29, 0.717) is 6.04 Å². The first kappa shape index (κ1) is 10.6. The summed E-state index contributed by atoms with van der Waals surface area (Å²) in [5.41, 5.74) is 0. The van der Waals surface area contributed by atoms with Gasteiger partial charge in [-0.2, -0.15) is 0 Å². The van der Waals surface area contributed by atoms with Crippen molar-refractivity contribution >= 4 is 5.97 Å². The van der Waals surface area contributed by atoms with Gasteiger partial charge in [0, 0.05) is 6.04 Å². The average molecular weight is 223 g/mol. The standard InChI is InChI=1S/C13H21NO2/c15-13(16-10-5-3-6-10)12-8-9-4-1-2-7-11(9)14-12/h9-12,14H,1-8H2. The maximum absolute atomic E-state index is 11.9. The van der Waals surface area contributed by atoms with E-state index in [1.54, 1.807) is 0 Å². The number of carbonyl (C=O) groups is 1. The molecule has 1 saturated heterocycles. The van der Waals surface area contributed by atoms with Gasteiger partial charge in [0.05, 0.1) is 0 Å². The molecule has 3 heteroatoms. The minimum absolute atomic E-state index is 0.00583. The van der Waals surface area contributed by atoms with Crippen molar-refractivity contribution in [2.24, 2.45) is 5.92 Å². The second kappa shape index (κ2) is 4.36. The smallest absolute Gasteiger partial charge is 0.323 e. The van der Waals surface area contributed by atoms with E-state index in [0.717, 1.165) is 25.2 Å². The Labute approximate surface area is 96.9 Å². The quantitative estimate of drug-likeness (QED) is 0.728. The van der Waals surface area contributed by atoms with Gasteiger partial charge < -0.3 is 10.1 Å². The Bertz CT molecular complexity index is 261. The van der Waals surface area contributed by atoms with E-state index in [1.165, 1.54) is 32.1 Å². The third kappa shape index (κ3) is 1.97. The number of hydrogen-bond acceptors (Lipinski definition) is 3. The molecule has 3 rings (SSSR count). The first-order valence-electron chi connectivity index (χ1n) is 6.79. The molecule has 1 heterocycles. The molecule has 90 valence electrons. The van der Waals surface area contributed by atoms with Crippen LogP contribution in [0.4, 0.5) is 0 Å². The lowest BCUT2D eigenvalue weighted by Crippen LogP contribution is -2.40. The Kier molecular flexibility index (Phi) is 2.88. The highest BCUT2D eigenvalue weighted by Crippen LogP contribution is 2.34. The molecule has 16 heavy (non-hydrogen) atoms. The van der Waals surface area contributed by atoms with Crippen LogP contribution in [0.25, 0.3) is 0 Å². The number of carbonyl (C=O) groups excluding carboxylic acids is 1. The van der Waals surface area contributed by atoms with Crippen molar-refractivity contribution in [3.8, 4) is 0 Å². The van der Waals surface area contributed by atoms with Gasteiger partial charge in [0.25, 0.3) is 0 Å². The number of hydrogen-bond donors (Lipinski definition) is 1. The summed E-state index contributed by atoms with van der Waals surface area (Å²) in [5.74, 6) is 0.742. The predicted molar refractivity (Wildman–Crippen MR) is 61.0 cm³/mol. The van der Waals surface area contributed by atoms with Crippen LogP contribution in [-0.2, 0) is 9.53 Å². The van der Waals surface area contributed by atoms with Gasteiger partial charge >= 0.3 is 5.97 Å². The van der Waals surface area contributed by atoms with Crippen molar-refractivity contribution in [2.75, 3.05) is 0 Å². The Balaban J connectivity index is 1.53. The number of nitrogens with one attached hydrogen (secondary N) is 1. The number of esters is 1. The van der Waals surface area contributed by atoms with E-state index in [-0.39, 0.29) is 18.1 Å². The topological polar surface area (TPSA) is 38.3 Å². The Hall–Kier alpha value is -0.570. The van der Waals surface area contributed by atoms with Gasteiger partial charge in [-0.1, -0.05) is 12.8 Å². The monoisotopic (exact) mass is 223 g/mol. The fourth-order valence-corrected chi connectivity index (χ4v) is 3.24. The largest absolute Gasteiger partial charge is 0.461 e. The maximum Gasteiger partial charge on any atom is 0.323 e. The second-order valence-corrected chi connectivity index (χ2v) is 5.60. The van der Waals surface area contributed by atoms with Gasteiger partial charge in [-0.25, -0.2) is 0 Å². The van der Waals surface area contributed by atoms with Crippen LogP contribution in [0, 0.1) is 5.92 Å². The molecule has 0 aromatic heterocycles. The lowest BCUT2D eigenvalue weighted by atomic mass is 9.85. The molecule has 0 spiro atoms. The summed E-state index contributed by atoms with van der Waals surface area (Å²) in [7, 11) is 0. The number of ether oxygens (including phenoxy) is 1. The van der Waals surface area contributed by atoms with Crippen molar-refractivity contribution in [2.45, 2.75) is 69.6 Å². The molecule has 0 amide bonds. The summed E-state index contributed by atoms with van der Waals surface area (Å²) in [6, 6.07) is 0.585. The van der Waals surface area contributed by atoms with E-state index in [9.17, 15) is 4.79 Å². The Morgan fingerprint density at radius 1 is 1.06 bits per heavy atom. The van der Waals surface area contributed by atoms with Gasteiger partial charge in [0.15, 0.2) is 0 Å². The summed E-state index contributed by atoms with van der Waals surface area (Å²) in [6.07, 6.45) is 9.82. The predicted octanol–water partition coefficient (Wildman–Crippen LogP) is 2.00. The summed E-state index contributed by atoms with van der Waals surface area (Å²) in [6.45, 7) is 0. The highest BCUT2D eigenvalue weighted by Gasteiger charge is 2.39. The zero-order valence-corrected chi connectivity index (χ0v) is 9.78. The summed E-state index contributed by atoms with van der Waals surface area (Å²) in [4.78, 5) is 11.9. The summed E-state index contributed by atoms with van der Waals surface area (Å²) < 4.78 is 5.47. The van der Waals surface area contributed by atoms with Crippen LogP contribution in [0.15, 0.2) is 0 Å². The van der Waals surface area contributed by atoms with Crippen molar-refractivity contribution in [3.63, 3.8) is 0 Å². The third-order valence-corrected chi connectivity index (χ3v) is 4.48. The molecular weight excluding hydrogens is 202 g/mol. The van der Waals surface area contributed by atoms with Crippen LogP contribution in [0.5, 0.6) is 0 Å². The molecule has 1 aliphatic heterocycles. The fourth-order valence-electron chi connectivity index (χ4n) is 3.24. The van der Waals surface area contributed by atoms with Crippen molar-refractivity contribution in [1.29, 1.82) is 0 Å². The lowest BCUT2D eigenvalue weighted by molar-refractivity contribution is -0.155. The van der Waals surface area contributed by atoms with E-state index in [4.69, 9.17) is 4.74 Å². The number of rotatable bonds is 2. The van der Waals surface area contributed by atoms with Crippen LogP contribution >= 0.6 is 0 Å². The maximum atomic E-state index is 11.9. The first-order valence-corrected chi connectivity index (χ1v) is 6.79. The van der Waals surface area contributed by atoms with Gasteiger partial charge in [0.1, 0.15) is 12.1 Å². The van der Waals surface area contributed by atoms with Gasteiger partial charge in [0.2, 0.25) is 0 Å². The molecule has 0 bridgehead atoms. The van der Waals surface area contributed by atoms with Gasteiger partial charge in [-0.15, -0.1) is 0 Å². The normalized spacial score (nSPS) is 38.9. The third-order valence-electron chi connectivity index (χ3n) is 4.48. The highest BCUT2D eigenvalue weighted by atomic mass is 16.5. The molecule has 3 nitrogen and oxygen atoms in total. The Morgan fingerprint density at radius 3 is 2.56 bits per heavy atom. The zero-order chi connectivity index (χ0) is 11.0. The molecule has 1 N–H and O–H groups in total. The minimum Gasteiger partial charge on any atom is -0.461 e. The van der Waals surface area contributed by atoms with E-state index < -0.39 is 0 Å². The SMILES string of the molecule is O=C(OC1CCC1)C1CC2CCCCC2N1. The van der Waals surface area contributed by atoms with E-state index in [1.807, 2.05) is 0 Å². The fraction of sp³-hybridized carbons (Fsp3) is 0.923. The second-order valence-electron chi connectivity index (χ2n) is 5.60. The molecule has 3 fully saturated rings. The van der Waals surface area contributed by atoms with Crippen molar-refractivity contribution < 1.29 is 9.53 Å². The van der Waals surface area contributed by atoms with Crippen LogP contribution < -0.4 is 5.32 Å². The van der Waals surface area contributed by atoms with Gasteiger partial charge in [-0.3, -0.25) is 4.79 Å². The molecule has 3 atom stereocenters. The average Bonchev–Trinajstić information content (AvgIpc) is 2.66. The summed E-state index contributed by atoms with van der Waals surface area (Å²) in [5, 5.41) is 3.47. The lowest BCUT2D eigenvalue weighted by Gasteiger charge is -2.26. The Morgan fingerprint density at radius 2 is 1.88 bits per heavy atom. The van der Waals surface area contributed by atoms with Crippen LogP contribution in [0.2, 0.25) is 0 Å². The molecule has 0 aromatic carbocycles.